The average molecular weight is 328 g/mol. The van der Waals surface area contributed by atoms with Crippen LogP contribution in [0.3, 0.4) is 0 Å². The molecule has 0 aromatic heterocycles. The lowest BCUT2D eigenvalue weighted by atomic mass is 10.3. The molecule has 16 heavy (non-hydrogen) atoms. The Hall–Kier alpha value is 0.130. The maximum Gasteiger partial charge on any atom is 0.524 e. The highest BCUT2D eigenvalue weighted by Gasteiger charge is 2.27. The number of halogens is 4. The van der Waals surface area contributed by atoms with Crippen LogP contribution in [-0.2, 0) is 4.57 Å². The SMILES string of the molecule is O=P(O)(O)Oc1c(O)c(Cl)c(Cl)c(Cl)c1Cl. The van der Waals surface area contributed by atoms with Crippen LogP contribution in [0.25, 0.3) is 0 Å². The number of hydrogen-bond donors (Lipinski definition) is 3. The van der Waals surface area contributed by atoms with Crippen molar-refractivity contribution < 1.29 is 24.0 Å². The molecule has 10 heteroatoms. The molecule has 0 saturated carbocycles. The first-order chi connectivity index (χ1) is 7.15. The van der Waals surface area contributed by atoms with Crippen molar-refractivity contribution in [1.29, 1.82) is 0 Å². The molecular formula is C6H3Cl4O5P. The normalized spacial score (nSPS) is 11.6. The molecule has 0 unspecified atom stereocenters. The number of rotatable bonds is 2. The van der Waals surface area contributed by atoms with Gasteiger partial charge in [-0.3, -0.25) is 9.79 Å². The zero-order chi connectivity index (χ0) is 12.7. The first-order valence-corrected chi connectivity index (χ1v) is 6.49. The van der Waals surface area contributed by atoms with E-state index in [-0.39, 0.29) is 10.0 Å². The third-order valence-electron chi connectivity index (χ3n) is 1.41. The monoisotopic (exact) mass is 326 g/mol. The molecule has 3 N–H and O–H groups in total. The maximum absolute atomic E-state index is 10.6. The van der Waals surface area contributed by atoms with E-state index < -0.39 is 29.4 Å². The minimum absolute atomic E-state index is 0.246. The minimum atomic E-state index is -4.90. The van der Waals surface area contributed by atoms with E-state index in [0.29, 0.717) is 0 Å². The van der Waals surface area contributed by atoms with Gasteiger partial charge in [0.1, 0.15) is 10.0 Å². The van der Waals surface area contributed by atoms with E-state index in [9.17, 15) is 9.67 Å². The van der Waals surface area contributed by atoms with Crippen LogP contribution >= 0.6 is 54.2 Å². The Labute approximate surface area is 110 Å². The van der Waals surface area contributed by atoms with Gasteiger partial charge in [-0.15, -0.1) is 0 Å². The summed E-state index contributed by atoms with van der Waals surface area (Å²) in [5, 5.41) is 8.03. The highest BCUT2D eigenvalue weighted by atomic mass is 35.5. The number of hydrogen-bond acceptors (Lipinski definition) is 3. The minimum Gasteiger partial charge on any atom is -0.503 e. The highest BCUT2D eigenvalue weighted by molar-refractivity contribution is 7.46. The van der Waals surface area contributed by atoms with Gasteiger partial charge in [0.15, 0.2) is 11.5 Å². The first kappa shape index (κ1) is 14.2. The standard InChI is InChI=1S/C6H3Cl4O5P/c7-1-2(8)4(10)6(5(11)3(1)9)15-16(12,13)14/h11H,(H2,12,13,14). The van der Waals surface area contributed by atoms with Crippen molar-refractivity contribution in [3.05, 3.63) is 20.1 Å². The Morgan fingerprint density at radius 2 is 1.38 bits per heavy atom. The van der Waals surface area contributed by atoms with E-state index in [1.165, 1.54) is 0 Å². The van der Waals surface area contributed by atoms with Crippen molar-refractivity contribution in [2.75, 3.05) is 0 Å². The fourth-order valence-electron chi connectivity index (χ4n) is 0.802. The van der Waals surface area contributed by atoms with Crippen LogP contribution in [-0.4, -0.2) is 14.9 Å². The van der Waals surface area contributed by atoms with Gasteiger partial charge >= 0.3 is 7.82 Å². The second-order valence-corrected chi connectivity index (χ2v) is 5.19. The van der Waals surface area contributed by atoms with E-state index in [4.69, 9.17) is 56.2 Å². The lowest BCUT2D eigenvalue weighted by Gasteiger charge is -2.13. The van der Waals surface area contributed by atoms with Crippen molar-refractivity contribution in [3.8, 4) is 11.5 Å². The van der Waals surface area contributed by atoms with E-state index in [1.54, 1.807) is 0 Å². The highest BCUT2D eigenvalue weighted by Crippen LogP contribution is 2.53. The predicted octanol–water partition coefficient (Wildman–Crippen LogP) is 3.48. The van der Waals surface area contributed by atoms with Crippen LogP contribution < -0.4 is 4.52 Å². The molecule has 0 radical (unpaired) electrons. The molecular weight excluding hydrogens is 325 g/mol. The molecule has 0 aliphatic heterocycles. The molecule has 0 saturated heterocycles. The molecule has 1 aromatic carbocycles. The van der Waals surface area contributed by atoms with Crippen LogP contribution in [0.5, 0.6) is 11.5 Å². The largest absolute Gasteiger partial charge is 0.524 e. The second kappa shape index (κ2) is 4.78. The van der Waals surface area contributed by atoms with Gasteiger partial charge in [-0.25, -0.2) is 4.57 Å². The van der Waals surface area contributed by atoms with Gasteiger partial charge in [-0.05, 0) is 0 Å². The van der Waals surface area contributed by atoms with Gasteiger partial charge in [0.25, 0.3) is 0 Å². The molecule has 0 aliphatic carbocycles. The lowest BCUT2D eigenvalue weighted by molar-refractivity contribution is 0.278. The maximum atomic E-state index is 10.6. The Kier molecular flexibility index (Phi) is 4.24. The molecule has 0 spiro atoms. The summed E-state index contributed by atoms with van der Waals surface area (Å²) in [7, 11) is -4.90. The Morgan fingerprint density at radius 1 is 0.938 bits per heavy atom. The molecule has 90 valence electrons. The molecule has 0 atom stereocenters. The summed E-state index contributed by atoms with van der Waals surface area (Å²) < 4.78 is 14.7. The first-order valence-electron chi connectivity index (χ1n) is 3.45. The van der Waals surface area contributed by atoms with Crippen LogP contribution in [0.2, 0.25) is 20.1 Å². The third-order valence-corrected chi connectivity index (χ3v) is 3.61. The van der Waals surface area contributed by atoms with Gasteiger partial charge in [0.05, 0.1) is 10.0 Å². The fraction of sp³-hybridized carbons (Fsp3) is 0. The van der Waals surface area contributed by atoms with Crippen molar-refractivity contribution >= 4 is 54.2 Å². The van der Waals surface area contributed by atoms with Gasteiger partial charge in [-0.2, -0.15) is 0 Å². The van der Waals surface area contributed by atoms with Gasteiger partial charge in [-0.1, -0.05) is 46.4 Å². The van der Waals surface area contributed by atoms with Crippen LogP contribution in [0.15, 0.2) is 0 Å². The molecule has 1 rings (SSSR count). The van der Waals surface area contributed by atoms with Crippen LogP contribution in [0.4, 0.5) is 0 Å². The van der Waals surface area contributed by atoms with E-state index in [2.05, 4.69) is 4.52 Å². The lowest BCUT2D eigenvalue weighted by Crippen LogP contribution is -1.93. The molecule has 0 fully saturated rings. The number of phosphoric acid groups is 1. The number of phosphoric ester groups is 1. The van der Waals surface area contributed by atoms with Gasteiger partial charge in [0, 0.05) is 0 Å². The quantitative estimate of drug-likeness (QED) is 0.440. The van der Waals surface area contributed by atoms with E-state index in [1.807, 2.05) is 0 Å². The fourth-order valence-corrected chi connectivity index (χ4v) is 2.14. The summed E-state index contributed by atoms with van der Waals surface area (Å²) in [4.78, 5) is 17.1. The number of phenolic OH excluding ortho intramolecular Hbond substituents is 1. The van der Waals surface area contributed by atoms with Crippen molar-refractivity contribution in [1.82, 2.24) is 0 Å². The summed E-state index contributed by atoms with van der Waals surface area (Å²) in [6.07, 6.45) is 0. The predicted molar refractivity (Wildman–Crippen MR) is 60.8 cm³/mol. The Balaban J connectivity index is 3.46. The Bertz CT molecular complexity index is 455. The zero-order valence-electron chi connectivity index (χ0n) is 7.12. The Morgan fingerprint density at radius 3 is 1.81 bits per heavy atom. The second-order valence-electron chi connectivity index (χ2n) is 2.52. The molecule has 0 amide bonds. The van der Waals surface area contributed by atoms with Gasteiger partial charge < -0.3 is 9.63 Å². The molecule has 0 heterocycles. The van der Waals surface area contributed by atoms with Crippen molar-refractivity contribution in [2.45, 2.75) is 0 Å². The number of benzene rings is 1. The van der Waals surface area contributed by atoms with E-state index >= 15 is 0 Å². The van der Waals surface area contributed by atoms with Crippen molar-refractivity contribution in [3.63, 3.8) is 0 Å². The summed E-state index contributed by atoms with van der Waals surface area (Å²) in [5.41, 5.74) is 0. The summed E-state index contributed by atoms with van der Waals surface area (Å²) in [6.45, 7) is 0. The van der Waals surface area contributed by atoms with Crippen LogP contribution in [0.1, 0.15) is 0 Å². The van der Waals surface area contributed by atoms with Crippen molar-refractivity contribution in [2.24, 2.45) is 0 Å². The summed E-state index contributed by atoms with van der Waals surface area (Å²) in [6, 6.07) is 0. The molecule has 0 bridgehead atoms. The third kappa shape index (κ3) is 2.87. The zero-order valence-corrected chi connectivity index (χ0v) is 11.0. The topological polar surface area (TPSA) is 87.0 Å². The molecule has 1 aromatic rings. The summed E-state index contributed by atoms with van der Waals surface area (Å²) in [5.74, 6) is -1.53. The molecule has 5 nitrogen and oxygen atoms in total. The summed E-state index contributed by atoms with van der Waals surface area (Å²) >= 11 is 22.3. The van der Waals surface area contributed by atoms with E-state index in [0.717, 1.165) is 0 Å². The average Bonchev–Trinajstić information content (AvgIpc) is 2.17. The molecule has 0 aliphatic rings. The van der Waals surface area contributed by atoms with Gasteiger partial charge in [0.2, 0.25) is 0 Å². The smallest absolute Gasteiger partial charge is 0.503 e. The number of aromatic hydroxyl groups is 1. The van der Waals surface area contributed by atoms with Crippen LogP contribution in [0, 0.1) is 0 Å². The number of phenols is 1.